The van der Waals surface area contributed by atoms with Crippen LogP contribution in [0, 0.1) is 5.92 Å². The molecular weight excluding hydrogens is 190 g/mol. The number of hydrogen-bond donors (Lipinski definition) is 2. The molecule has 0 rings (SSSR count). The van der Waals surface area contributed by atoms with E-state index >= 15 is 0 Å². The van der Waals surface area contributed by atoms with Gasteiger partial charge in [-0.1, -0.05) is 13.8 Å². The summed E-state index contributed by atoms with van der Waals surface area (Å²) >= 11 is 0. The van der Waals surface area contributed by atoms with E-state index < -0.39 is 15.6 Å². The maximum absolute atomic E-state index is 11.3. The molecule has 0 heterocycles. The highest BCUT2D eigenvalue weighted by atomic mass is 32.2. The fraction of sp³-hybridized carbons (Fsp3) is 1.00. The lowest BCUT2D eigenvalue weighted by atomic mass is 10.1. The van der Waals surface area contributed by atoms with E-state index in [0.717, 1.165) is 0 Å². The second-order valence-electron chi connectivity index (χ2n) is 4.31. The van der Waals surface area contributed by atoms with Crippen molar-refractivity contribution in [2.75, 3.05) is 12.3 Å². The molecule has 2 N–H and O–H groups in total. The van der Waals surface area contributed by atoms with Gasteiger partial charge in [-0.3, -0.25) is 0 Å². The van der Waals surface area contributed by atoms with Crippen LogP contribution >= 0.6 is 0 Å². The molecule has 0 aliphatic heterocycles. The lowest BCUT2D eigenvalue weighted by molar-refractivity contribution is 0.0857. The fourth-order valence-corrected chi connectivity index (χ4v) is 2.35. The molecule has 80 valence electrons. The smallest absolute Gasteiger partial charge is 0.211 e. The number of sulfonamides is 1. The summed E-state index contributed by atoms with van der Waals surface area (Å²) < 4.78 is 24.9. The molecule has 0 bridgehead atoms. The molecule has 0 aliphatic rings. The maximum atomic E-state index is 11.3. The van der Waals surface area contributed by atoms with Crippen LogP contribution in [0.4, 0.5) is 0 Å². The molecule has 0 fully saturated rings. The molecule has 0 saturated carbocycles. The minimum atomic E-state index is -3.22. The molecule has 0 saturated heterocycles. The van der Waals surface area contributed by atoms with E-state index in [-0.39, 0.29) is 18.2 Å². The number of hydrogen-bond acceptors (Lipinski definition) is 3. The summed E-state index contributed by atoms with van der Waals surface area (Å²) in [5.74, 6) is 0.197. The van der Waals surface area contributed by atoms with Crippen molar-refractivity contribution in [2.45, 2.75) is 33.3 Å². The lowest BCUT2D eigenvalue weighted by Crippen LogP contribution is -2.39. The Balaban J connectivity index is 4.06. The second-order valence-corrected chi connectivity index (χ2v) is 6.16. The first-order chi connectivity index (χ1) is 5.62. The zero-order valence-corrected chi connectivity index (χ0v) is 9.48. The van der Waals surface area contributed by atoms with Gasteiger partial charge >= 0.3 is 0 Å². The van der Waals surface area contributed by atoms with Gasteiger partial charge < -0.3 is 5.11 Å². The van der Waals surface area contributed by atoms with Crippen LogP contribution in [0.1, 0.15) is 27.7 Å². The van der Waals surface area contributed by atoms with Crippen LogP contribution < -0.4 is 4.72 Å². The van der Waals surface area contributed by atoms with Crippen LogP contribution in [0.3, 0.4) is 0 Å². The minimum Gasteiger partial charge on any atom is -0.389 e. The van der Waals surface area contributed by atoms with Crippen molar-refractivity contribution in [3.63, 3.8) is 0 Å². The minimum absolute atomic E-state index is 0.0576. The van der Waals surface area contributed by atoms with Gasteiger partial charge in [-0.15, -0.1) is 0 Å². The van der Waals surface area contributed by atoms with Crippen molar-refractivity contribution in [1.29, 1.82) is 0 Å². The average Bonchev–Trinajstić information content (AvgIpc) is 1.79. The zero-order valence-electron chi connectivity index (χ0n) is 8.66. The van der Waals surface area contributed by atoms with Gasteiger partial charge in [0.25, 0.3) is 0 Å². The van der Waals surface area contributed by atoms with Gasteiger partial charge in [-0.2, -0.15) is 0 Å². The molecule has 0 spiro atoms. The normalized spacial score (nSPS) is 13.7. The molecule has 0 atom stereocenters. The van der Waals surface area contributed by atoms with Crippen LogP contribution in [-0.2, 0) is 10.0 Å². The van der Waals surface area contributed by atoms with Gasteiger partial charge in [0, 0.05) is 6.54 Å². The van der Waals surface area contributed by atoms with Crippen LogP contribution in [0.25, 0.3) is 0 Å². The lowest BCUT2D eigenvalue weighted by Gasteiger charge is -2.18. The first kappa shape index (κ1) is 12.9. The Morgan fingerprint density at radius 3 is 2.15 bits per heavy atom. The Kier molecular flexibility index (Phi) is 4.35. The quantitative estimate of drug-likeness (QED) is 0.686. The van der Waals surface area contributed by atoms with Crippen LogP contribution in [0.2, 0.25) is 0 Å². The summed E-state index contributed by atoms with van der Waals surface area (Å²) in [5, 5.41) is 9.29. The van der Waals surface area contributed by atoms with Crippen molar-refractivity contribution >= 4 is 10.0 Å². The van der Waals surface area contributed by atoms with Crippen molar-refractivity contribution in [1.82, 2.24) is 4.72 Å². The molecule has 0 aliphatic carbocycles. The van der Waals surface area contributed by atoms with Gasteiger partial charge in [-0.25, -0.2) is 13.1 Å². The molecule has 0 unspecified atom stereocenters. The Bertz CT molecular complexity index is 239. The number of rotatable bonds is 5. The molecule has 0 aromatic rings. The zero-order chi connectivity index (χ0) is 10.7. The van der Waals surface area contributed by atoms with Crippen LogP contribution in [0.15, 0.2) is 0 Å². The Labute approximate surface area is 80.4 Å². The summed E-state index contributed by atoms with van der Waals surface area (Å²) in [5.41, 5.74) is -0.996. The molecule has 5 heteroatoms. The highest BCUT2D eigenvalue weighted by Crippen LogP contribution is 2.01. The van der Waals surface area contributed by atoms with Crippen molar-refractivity contribution < 1.29 is 13.5 Å². The van der Waals surface area contributed by atoms with E-state index in [0.29, 0.717) is 0 Å². The third kappa shape index (κ3) is 8.21. The summed E-state index contributed by atoms with van der Waals surface area (Å²) in [7, 11) is -3.22. The monoisotopic (exact) mass is 209 g/mol. The molecule has 4 nitrogen and oxygen atoms in total. The molecular formula is C8H19NO3S. The SMILES string of the molecule is CC(C)CS(=O)(=O)NCC(C)(C)O. The molecule has 0 aromatic carbocycles. The van der Waals surface area contributed by atoms with E-state index in [1.165, 1.54) is 0 Å². The first-order valence-corrected chi connectivity index (χ1v) is 5.97. The predicted octanol–water partition coefficient (Wildman–Crippen LogP) is 0.333. The highest BCUT2D eigenvalue weighted by molar-refractivity contribution is 7.89. The fourth-order valence-electron chi connectivity index (χ4n) is 0.784. The van der Waals surface area contributed by atoms with Crippen molar-refractivity contribution in [3.8, 4) is 0 Å². The van der Waals surface area contributed by atoms with E-state index in [4.69, 9.17) is 0 Å². The third-order valence-corrected chi connectivity index (χ3v) is 2.97. The van der Waals surface area contributed by atoms with E-state index in [1.807, 2.05) is 13.8 Å². The molecule has 0 radical (unpaired) electrons. The first-order valence-electron chi connectivity index (χ1n) is 4.32. The molecule has 0 aromatic heterocycles. The van der Waals surface area contributed by atoms with Gasteiger partial charge in [0.05, 0.1) is 11.4 Å². The van der Waals surface area contributed by atoms with Crippen LogP contribution in [0.5, 0.6) is 0 Å². The average molecular weight is 209 g/mol. The van der Waals surface area contributed by atoms with E-state index in [2.05, 4.69) is 4.72 Å². The van der Waals surface area contributed by atoms with Gasteiger partial charge in [0.2, 0.25) is 10.0 Å². The standard InChI is InChI=1S/C8H19NO3S/c1-7(2)5-13(11,12)9-6-8(3,4)10/h7,9-10H,5-6H2,1-4H3. The summed E-state index contributed by atoms with van der Waals surface area (Å²) in [6.45, 7) is 6.85. The Hall–Kier alpha value is -0.130. The number of nitrogens with one attached hydrogen (secondary N) is 1. The van der Waals surface area contributed by atoms with Crippen molar-refractivity contribution in [3.05, 3.63) is 0 Å². The Morgan fingerprint density at radius 2 is 1.85 bits per heavy atom. The Morgan fingerprint density at radius 1 is 1.38 bits per heavy atom. The molecule has 0 amide bonds. The van der Waals surface area contributed by atoms with Crippen LogP contribution in [-0.4, -0.2) is 31.4 Å². The van der Waals surface area contributed by atoms with Gasteiger partial charge in [-0.05, 0) is 19.8 Å². The summed E-state index contributed by atoms with van der Waals surface area (Å²) in [6, 6.07) is 0. The largest absolute Gasteiger partial charge is 0.389 e. The highest BCUT2D eigenvalue weighted by Gasteiger charge is 2.18. The summed E-state index contributed by atoms with van der Waals surface area (Å²) in [4.78, 5) is 0. The predicted molar refractivity (Wildman–Crippen MR) is 52.9 cm³/mol. The van der Waals surface area contributed by atoms with Gasteiger partial charge in [0.1, 0.15) is 0 Å². The maximum Gasteiger partial charge on any atom is 0.211 e. The second kappa shape index (κ2) is 4.39. The van der Waals surface area contributed by atoms with E-state index in [9.17, 15) is 13.5 Å². The number of aliphatic hydroxyl groups is 1. The van der Waals surface area contributed by atoms with Gasteiger partial charge in [0.15, 0.2) is 0 Å². The van der Waals surface area contributed by atoms with Crippen molar-refractivity contribution in [2.24, 2.45) is 5.92 Å². The molecule has 13 heavy (non-hydrogen) atoms. The third-order valence-electron chi connectivity index (χ3n) is 1.28. The summed E-state index contributed by atoms with van der Waals surface area (Å²) in [6.07, 6.45) is 0. The van der Waals surface area contributed by atoms with E-state index in [1.54, 1.807) is 13.8 Å². The topological polar surface area (TPSA) is 66.4 Å².